The van der Waals surface area contributed by atoms with Gasteiger partial charge in [0, 0.05) is 0 Å². The highest BCUT2D eigenvalue weighted by Crippen LogP contribution is 2.34. The first-order valence-electron chi connectivity index (χ1n) is 6.51. The number of anilines is 1. The summed E-state index contributed by atoms with van der Waals surface area (Å²) in [6, 6.07) is 6.31. The van der Waals surface area contributed by atoms with Crippen molar-refractivity contribution in [1.29, 1.82) is 0 Å². The Labute approximate surface area is 134 Å². The molecule has 0 atom stereocenters. The second-order valence-corrected chi connectivity index (χ2v) is 5.45. The third-order valence-electron chi connectivity index (χ3n) is 2.96. The predicted molar refractivity (Wildman–Crippen MR) is 83.1 cm³/mol. The number of para-hydroxylation sites is 1. The molecule has 0 aliphatic heterocycles. The van der Waals surface area contributed by atoms with Gasteiger partial charge in [0.05, 0.1) is 16.8 Å². The highest BCUT2D eigenvalue weighted by molar-refractivity contribution is 7.08. The van der Waals surface area contributed by atoms with Gasteiger partial charge in [-0.1, -0.05) is 12.1 Å². The Morgan fingerprint density at radius 3 is 2.43 bits per heavy atom. The normalized spacial score (nSPS) is 12.1. The van der Waals surface area contributed by atoms with Gasteiger partial charge in [-0.3, -0.25) is 9.59 Å². The number of ketones is 1. The molecule has 120 valence electrons. The van der Waals surface area contributed by atoms with Gasteiger partial charge in [0.25, 0.3) is 5.91 Å². The smallest absolute Gasteiger partial charge is 0.321 e. The van der Waals surface area contributed by atoms with Crippen molar-refractivity contribution < 1.29 is 22.8 Å². The number of alkyl halides is 3. The summed E-state index contributed by atoms with van der Waals surface area (Å²) < 4.78 is 38.8. The lowest BCUT2D eigenvalue weighted by Gasteiger charge is -2.14. The van der Waals surface area contributed by atoms with E-state index in [9.17, 15) is 22.8 Å². The predicted octanol–water partition coefficient (Wildman–Crippen LogP) is 4.38. The fraction of sp³-hybridized carbons (Fsp3) is 0.125. The van der Waals surface area contributed by atoms with Crippen molar-refractivity contribution in [2.24, 2.45) is 0 Å². The Morgan fingerprint density at radius 1 is 1.17 bits per heavy atom. The number of carbonyl (C=O) groups excluding carboxylic acids is 2. The molecule has 1 aromatic heterocycles. The maximum absolute atomic E-state index is 12.9. The summed E-state index contributed by atoms with van der Waals surface area (Å²) >= 11 is 1.38. The van der Waals surface area contributed by atoms with Crippen molar-refractivity contribution in [1.82, 2.24) is 0 Å². The molecule has 0 fully saturated rings. The molecule has 7 heteroatoms. The summed E-state index contributed by atoms with van der Waals surface area (Å²) in [4.78, 5) is 23.8. The number of hydrogen-bond acceptors (Lipinski definition) is 3. The van der Waals surface area contributed by atoms with Gasteiger partial charge in [0.2, 0.25) is 0 Å². The summed E-state index contributed by atoms with van der Waals surface area (Å²) in [6.07, 6.45) is -3.25. The number of Topliss-reactive ketones (excluding diaryl/α,β-unsaturated/α-hetero) is 1. The topological polar surface area (TPSA) is 46.2 Å². The van der Waals surface area contributed by atoms with Crippen LogP contribution in [0.1, 0.15) is 18.1 Å². The van der Waals surface area contributed by atoms with E-state index in [2.05, 4.69) is 5.32 Å². The van der Waals surface area contributed by atoms with Crippen LogP contribution in [-0.4, -0.2) is 11.7 Å². The Balaban J connectivity index is 2.32. The van der Waals surface area contributed by atoms with Gasteiger partial charge in [0.15, 0.2) is 5.78 Å². The van der Waals surface area contributed by atoms with Crippen LogP contribution in [0.2, 0.25) is 0 Å². The maximum atomic E-state index is 12.9. The molecule has 0 saturated heterocycles. The Bertz CT molecular complexity index is 749. The summed E-state index contributed by atoms with van der Waals surface area (Å²) in [5.74, 6) is -1.40. The first-order valence-corrected chi connectivity index (χ1v) is 7.45. The van der Waals surface area contributed by atoms with Gasteiger partial charge < -0.3 is 5.32 Å². The third kappa shape index (κ3) is 4.29. The highest BCUT2D eigenvalue weighted by atomic mass is 32.1. The summed E-state index contributed by atoms with van der Waals surface area (Å²) in [5, 5.41) is 5.65. The zero-order chi connectivity index (χ0) is 17.0. The molecule has 2 rings (SSSR count). The molecule has 0 aliphatic carbocycles. The molecule has 0 aliphatic rings. The SMILES string of the molecule is CC(=O)/C(=C\c1ccsc1)C(=O)Nc1ccccc1C(F)(F)F. The van der Waals surface area contributed by atoms with E-state index in [-0.39, 0.29) is 11.3 Å². The zero-order valence-electron chi connectivity index (χ0n) is 12.0. The van der Waals surface area contributed by atoms with Gasteiger partial charge >= 0.3 is 6.18 Å². The number of rotatable bonds is 4. The van der Waals surface area contributed by atoms with E-state index in [4.69, 9.17) is 0 Å². The quantitative estimate of drug-likeness (QED) is 0.510. The fourth-order valence-corrected chi connectivity index (χ4v) is 2.50. The molecule has 1 aromatic carbocycles. The molecule has 2 aromatic rings. The number of hydrogen-bond donors (Lipinski definition) is 1. The highest BCUT2D eigenvalue weighted by Gasteiger charge is 2.33. The number of thiophene rings is 1. The minimum Gasteiger partial charge on any atom is -0.321 e. The monoisotopic (exact) mass is 339 g/mol. The molecular weight excluding hydrogens is 327 g/mol. The van der Waals surface area contributed by atoms with Crippen molar-refractivity contribution in [3.8, 4) is 0 Å². The largest absolute Gasteiger partial charge is 0.418 e. The van der Waals surface area contributed by atoms with E-state index in [0.717, 1.165) is 12.1 Å². The average Bonchev–Trinajstić information content (AvgIpc) is 2.96. The molecule has 1 amide bonds. The average molecular weight is 339 g/mol. The van der Waals surface area contributed by atoms with Crippen molar-refractivity contribution >= 4 is 34.8 Å². The molecule has 0 saturated carbocycles. The van der Waals surface area contributed by atoms with Crippen molar-refractivity contribution in [3.05, 3.63) is 57.8 Å². The van der Waals surface area contributed by atoms with Crippen LogP contribution in [0.25, 0.3) is 6.08 Å². The second kappa shape index (κ2) is 6.78. The molecular formula is C16H12F3NO2S. The molecule has 0 spiro atoms. The third-order valence-corrected chi connectivity index (χ3v) is 3.66. The van der Waals surface area contributed by atoms with E-state index in [1.165, 1.54) is 36.5 Å². The minimum absolute atomic E-state index is 0.208. The van der Waals surface area contributed by atoms with Gasteiger partial charge in [-0.25, -0.2) is 0 Å². The fourth-order valence-electron chi connectivity index (χ4n) is 1.88. The van der Waals surface area contributed by atoms with Crippen LogP contribution in [-0.2, 0) is 15.8 Å². The molecule has 0 unspecified atom stereocenters. The van der Waals surface area contributed by atoms with Crippen LogP contribution in [0.3, 0.4) is 0 Å². The molecule has 0 bridgehead atoms. The number of amides is 1. The Kier molecular flexibility index (Phi) is 5.00. The van der Waals surface area contributed by atoms with E-state index in [1.54, 1.807) is 16.8 Å². The van der Waals surface area contributed by atoms with Gasteiger partial charge in [-0.05, 0) is 47.5 Å². The lowest BCUT2D eigenvalue weighted by molar-refractivity contribution is -0.137. The van der Waals surface area contributed by atoms with Crippen LogP contribution in [0.15, 0.2) is 46.7 Å². The Morgan fingerprint density at radius 2 is 1.87 bits per heavy atom. The van der Waals surface area contributed by atoms with Crippen LogP contribution in [0.5, 0.6) is 0 Å². The number of nitrogens with one attached hydrogen (secondary N) is 1. The number of halogens is 3. The standard InChI is InChI=1S/C16H12F3NO2S/c1-10(21)12(8-11-6-7-23-9-11)15(22)20-14-5-3-2-4-13(14)16(17,18)19/h2-9H,1H3,(H,20,22)/b12-8+. The van der Waals surface area contributed by atoms with E-state index in [1.807, 2.05) is 0 Å². The number of carbonyl (C=O) groups is 2. The van der Waals surface area contributed by atoms with Crippen LogP contribution in [0.4, 0.5) is 18.9 Å². The van der Waals surface area contributed by atoms with Crippen LogP contribution < -0.4 is 5.32 Å². The van der Waals surface area contributed by atoms with Crippen LogP contribution >= 0.6 is 11.3 Å². The molecule has 0 radical (unpaired) electrons. The van der Waals surface area contributed by atoms with Crippen molar-refractivity contribution in [2.75, 3.05) is 5.32 Å². The van der Waals surface area contributed by atoms with Crippen molar-refractivity contribution in [3.63, 3.8) is 0 Å². The van der Waals surface area contributed by atoms with Crippen LogP contribution in [0, 0.1) is 0 Å². The first-order chi connectivity index (χ1) is 10.8. The summed E-state index contributed by atoms with van der Waals surface area (Å²) in [6.45, 7) is 1.19. The summed E-state index contributed by atoms with van der Waals surface area (Å²) in [7, 11) is 0. The summed E-state index contributed by atoms with van der Waals surface area (Å²) in [5.41, 5.74) is -0.922. The second-order valence-electron chi connectivity index (χ2n) is 4.67. The first kappa shape index (κ1) is 17.0. The Hall–Kier alpha value is -2.41. The molecule has 3 nitrogen and oxygen atoms in total. The maximum Gasteiger partial charge on any atom is 0.418 e. The molecule has 1 N–H and O–H groups in total. The molecule has 23 heavy (non-hydrogen) atoms. The van der Waals surface area contributed by atoms with Gasteiger partial charge in [-0.15, -0.1) is 0 Å². The van der Waals surface area contributed by atoms with E-state index in [0.29, 0.717) is 5.56 Å². The van der Waals surface area contributed by atoms with Gasteiger partial charge in [-0.2, -0.15) is 24.5 Å². The van der Waals surface area contributed by atoms with E-state index < -0.39 is 23.4 Å². The zero-order valence-corrected chi connectivity index (χ0v) is 12.8. The minimum atomic E-state index is -4.60. The van der Waals surface area contributed by atoms with Crippen molar-refractivity contribution in [2.45, 2.75) is 13.1 Å². The number of benzene rings is 1. The lowest BCUT2D eigenvalue weighted by Crippen LogP contribution is -2.21. The molecule has 1 heterocycles. The van der Waals surface area contributed by atoms with Gasteiger partial charge in [0.1, 0.15) is 0 Å². The lowest BCUT2D eigenvalue weighted by atomic mass is 10.1. The van der Waals surface area contributed by atoms with E-state index >= 15 is 0 Å².